The van der Waals surface area contributed by atoms with Crippen LogP contribution < -0.4 is 15.0 Å². The average Bonchev–Trinajstić information content (AvgIpc) is 3.29. The number of rotatable bonds is 0. The van der Waals surface area contributed by atoms with Crippen LogP contribution >= 0.6 is 0 Å². The molecule has 0 aliphatic carbocycles. The lowest BCUT2D eigenvalue weighted by Crippen LogP contribution is -2.25. The van der Waals surface area contributed by atoms with Crippen LogP contribution in [0.4, 0.5) is 15.9 Å². The minimum atomic E-state index is -0.359. The first-order chi connectivity index (χ1) is 13.6. The van der Waals surface area contributed by atoms with Gasteiger partial charge in [-0.2, -0.15) is 5.10 Å². The molecular formula is C20H20FN5O2. The quantitative estimate of drug-likeness (QED) is 0.647. The number of ether oxygens (including phenoxy) is 1. The van der Waals surface area contributed by atoms with E-state index in [-0.39, 0.29) is 30.3 Å². The van der Waals surface area contributed by atoms with Crippen molar-refractivity contribution in [1.82, 2.24) is 14.6 Å². The lowest BCUT2D eigenvalue weighted by atomic mass is 10.0. The van der Waals surface area contributed by atoms with Gasteiger partial charge in [-0.15, -0.1) is 0 Å². The zero-order valence-corrected chi connectivity index (χ0v) is 15.4. The summed E-state index contributed by atoms with van der Waals surface area (Å²) in [4.78, 5) is 19.4. The van der Waals surface area contributed by atoms with Crippen molar-refractivity contribution in [2.45, 2.75) is 38.3 Å². The molecule has 2 bridgehead atoms. The minimum absolute atomic E-state index is 0.0383. The molecule has 5 rings (SSSR count). The molecule has 28 heavy (non-hydrogen) atoms. The fourth-order valence-electron chi connectivity index (χ4n) is 4.08. The fourth-order valence-corrected chi connectivity index (χ4v) is 4.08. The van der Waals surface area contributed by atoms with Gasteiger partial charge in [0.05, 0.1) is 18.7 Å². The van der Waals surface area contributed by atoms with Crippen LogP contribution in [0.5, 0.6) is 5.75 Å². The summed E-state index contributed by atoms with van der Waals surface area (Å²) >= 11 is 0. The number of aromatic nitrogens is 3. The largest absolute Gasteiger partial charge is 0.490 e. The number of amides is 1. The van der Waals surface area contributed by atoms with E-state index in [2.05, 4.69) is 15.3 Å². The Morgan fingerprint density at radius 1 is 1.32 bits per heavy atom. The third-order valence-corrected chi connectivity index (χ3v) is 5.31. The smallest absolute Gasteiger partial charge is 0.228 e. The van der Waals surface area contributed by atoms with Gasteiger partial charge in [0, 0.05) is 18.3 Å². The van der Waals surface area contributed by atoms with Crippen molar-refractivity contribution >= 4 is 23.1 Å². The van der Waals surface area contributed by atoms with Crippen molar-refractivity contribution in [1.29, 1.82) is 0 Å². The molecule has 4 heterocycles. The molecule has 1 amide bonds. The number of carbonyl (C=O) groups excluding carboxylic acids is 1. The van der Waals surface area contributed by atoms with E-state index >= 15 is 0 Å². The molecule has 7 nitrogen and oxygen atoms in total. The topological polar surface area (TPSA) is 71.8 Å². The fraction of sp³-hybridized carbons (Fsp3) is 0.350. The molecule has 0 radical (unpaired) electrons. The highest BCUT2D eigenvalue weighted by Gasteiger charge is 2.31. The Morgan fingerprint density at radius 2 is 2.21 bits per heavy atom. The number of carbonyl (C=O) groups is 1. The van der Waals surface area contributed by atoms with Crippen molar-refractivity contribution in [2.75, 3.05) is 16.8 Å². The standard InChI is InChI=1S/C20H20FN5O2/c1-12-9-19(27)23-15-11-22-26-8-6-18(24-20(15)26)25-7-2-3-16(25)14-10-13(21)4-5-17(14)28-12/h4-6,8,10-12,16H,2-3,7,9H2,1H3,(H,23,27)/t12-,16+/m0/s1. The molecule has 1 aromatic carbocycles. The monoisotopic (exact) mass is 381 g/mol. The Balaban J connectivity index is 1.68. The molecule has 2 atom stereocenters. The molecule has 8 heteroatoms. The molecule has 2 aliphatic heterocycles. The molecule has 0 spiro atoms. The number of fused-ring (bicyclic) bond motifs is 5. The molecule has 2 aromatic heterocycles. The number of benzene rings is 1. The van der Waals surface area contributed by atoms with Gasteiger partial charge >= 0.3 is 0 Å². The van der Waals surface area contributed by atoms with Gasteiger partial charge in [-0.1, -0.05) is 0 Å². The van der Waals surface area contributed by atoms with Crippen LogP contribution in [0.3, 0.4) is 0 Å². The van der Waals surface area contributed by atoms with Crippen molar-refractivity contribution < 1.29 is 13.9 Å². The van der Waals surface area contributed by atoms with Gasteiger partial charge < -0.3 is 15.0 Å². The Labute approximate surface area is 161 Å². The molecule has 0 unspecified atom stereocenters. The van der Waals surface area contributed by atoms with Gasteiger partial charge in [0.1, 0.15) is 29.2 Å². The van der Waals surface area contributed by atoms with Crippen LogP contribution in [0.1, 0.15) is 37.8 Å². The van der Waals surface area contributed by atoms with E-state index in [4.69, 9.17) is 9.72 Å². The zero-order chi connectivity index (χ0) is 19.3. The van der Waals surface area contributed by atoms with Crippen LogP contribution in [0, 0.1) is 5.82 Å². The molecule has 1 N–H and O–H groups in total. The zero-order valence-electron chi connectivity index (χ0n) is 15.4. The van der Waals surface area contributed by atoms with E-state index in [0.29, 0.717) is 17.1 Å². The third-order valence-electron chi connectivity index (χ3n) is 5.31. The van der Waals surface area contributed by atoms with Crippen LogP contribution in [-0.2, 0) is 4.79 Å². The number of halogens is 1. The predicted molar refractivity (Wildman–Crippen MR) is 102 cm³/mol. The molecule has 2 aliphatic rings. The van der Waals surface area contributed by atoms with Gasteiger partial charge in [-0.25, -0.2) is 13.9 Å². The maximum atomic E-state index is 14.1. The Bertz CT molecular complexity index is 1070. The summed E-state index contributed by atoms with van der Waals surface area (Å²) in [6.45, 7) is 2.65. The van der Waals surface area contributed by atoms with E-state index in [9.17, 15) is 9.18 Å². The van der Waals surface area contributed by atoms with E-state index in [0.717, 1.165) is 30.8 Å². The normalized spacial score (nSPS) is 21.9. The lowest BCUT2D eigenvalue weighted by Gasteiger charge is -2.28. The molecular weight excluding hydrogens is 361 g/mol. The van der Waals surface area contributed by atoms with Gasteiger partial charge in [-0.05, 0) is 44.0 Å². The summed E-state index contributed by atoms with van der Waals surface area (Å²) in [6, 6.07) is 6.44. The summed E-state index contributed by atoms with van der Waals surface area (Å²) in [6.07, 6.45) is 5.09. The molecule has 1 fully saturated rings. The molecule has 0 saturated carbocycles. The first kappa shape index (κ1) is 17.0. The SMILES string of the molecule is C[C@H]1CC(=O)Nc2cnn3ccc(nc23)N2CCC[C@@H]2c2cc(F)ccc2O1. The number of hydrogen-bond acceptors (Lipinski definition) is 5. The van der Waals surface area contributed by atoms with Crippen molar-refractivity contribution in [3.8, 4) is 5.75 Å². The van der Waals surface area contributed by atoms with E-state index in [1.807, 2.05) is 19.2 Å². The van der Waals surface area contributed by atoms with E-state index < -0.39 is 0 Å². The highest BCUT2D eigenvalue weighted by molar-refractivity contribution is 5.94. The van der Waals surface area contributed by atoms with Crippen molar-refractivity contribution in [3.05, 3.63) is 48.0 Å². The Hall–Kier alpha value is -3.16. The van der Waals surface area contributed by atoms with Crippen LogP contribution in [0.15, 0.2) is 36.7 Å². The highest BCUT2D eigenvalue weighted by Crippen LogP contribution is 2.40. The summed E-state index contributed by atoms with van der Waals surface area (Å²) in [5.74, 6) is 0.902. The molecule has 1 saturated heterocycles. The maximum Gasteiger partial charge on any atom is 0.228 e. The van der Waals surface area contributed by atoms with Crippen LogP contribution in [-0.4, -0.2) is 33.2 Å². The Kier molecular flexibility index (Phi) is 3.92. The summed E-state index contributed by atoms with van der Waals surface area (Å²) in [7, 11) is 0. The van der Waals surface area contributed by atoms with Gasteiger partial charge in [0.2, 0.25) is 5.91 Å². The predicted octanol–water partition coefficient (Wildman–Crippen LogP) is 3.32. The van der Waals surface area contributed by atoms with Crippen molar-refractivity contribution in [2.24, 2.45) is 0 Å². The maximum absolute atomic E-state index is 14.1. The first-order valence-corrected chi connectivity index (χ1v) is 9.45. The molecule has 144 valence electrons. The minimum Gasteiger partial charge on any atom is -0.490 e. The van der Waals surface area contributed by atoms with Gasteiger partial charge in [0.15, 0.2) is 5.65 Å². The highest BCUT2D eigenvalue weighted by atomic mass is 19.1. The number of hydrogen-bond donors (Lipinski definition) is 1. The second-order valence-corrected chi connectivity index (χ2v) is 7.33. The molecule has 3 aromatic rings. The second-order valence-electron chi connectivity index (χ2n) is 7.33. The summed E-state index contributed by atoms with van der Waals surface area (Å²) in [5.41, 5.74) is 1.95. The van der Waals surface area contributed by atoms with Crippen molar-refractivity contribution in [3.63, 3.8) is 0 Å². The number of anilines is 2. The van der Waals surface area contributed by atoms with Gasteiger partial charge in [0.25, 0.3) is 0 Å². The summed E-state index contributed by atoms with van der Waals surface area (Å²) < 4.78 is 21.8. The second kappa shape index (κ2) is 6.47. The van der Waals surface area contributed by atoms with Crippen LogP contribution in [0.25, 0.3) is 5.65 Å². The van der Waals surface area contributed by atoms with Gasteiger partial charge in [-0.3, -0.25) is 4.79 Å². The van der Waals surface area contributed by atoms with E-state index in [1.165, 1.54) is 12.1 Å². The van der Waals surface area contributed by atoms with E-state index in [1.54, 1.807) is 16.8 Å². The first-order valence-electron chi connectivity index (χ1n) is 9.45. The summed E-state index contributed by atoms with van der Waals surface area (Å²) in [5, 5.41) is 7.13. The third kappa shape index (κ3) is 2.85. The number of nitrogens with one attached hydrogen (secondary N) is 1. The average molecular weight is 381 g/mol. The Morgan fingerprint density at radius 3 is 3.11 bits per heavy atom. The lowest BCUT2D eigenvalue weighted by molar-refractivity contribution is -0.117. The van der Waals surface area contributed by atoms with Crippen LogP contribution in [0.2, 0.25) is 0 Å². The number of nitrogens with zero attached hydrogens (tertiary/aromatic N) is 4.